The summed E-state index contributed by atoms with van der Waals surface area (Å²) in [6.45, 7) is 0. The van der Waals surface area contributed by atoms with Gasteiger partial charge in [-0.3, -0.25) is 4.72 Å². The van der Waals surface area contributed by atoms with E-state index in [1.165, 1.54) is 12.1 Å². The minimum absolute atomic E-state index is 0.155. The maximum absolute atomic E-state index is 12.9. The molecule has 1 aliphatic rings. The predicted octanol–water partition coefficient (Wildman–Crippen LogP) is 6.42. The van der Waals surface area contributed by atoms with Crippen molar-refractivity contribution in [2.75, 3.05) is 4.72 Å². The van der Waals surface area contributed by atoms with Gasteiger partial charge in [0, 0.05) is 16.5 Å². The zero-order valence-electron chi connectivity index (χ0n) is 16.9. The van der Waals surface area contributed by atoms with Crippen molar-refractivity contribution < 1.29 is 21.6 Å². The number of imidazole rings is 1. The predicted molar refractivity (Wildman–Crippen MR) is 122 cm³/mol. The number of para-hydroxylation sites is 1. The van der Waals surface area contributed by atoms with E-state index in [0.29, 0.717) is 27.6 Å². The highest BCUT2D eigenvalue weighted by molar-refractivity contribution is 7.93. The molecule has 2 unspecified atom stereocenters. The standard InChI is InChI=1S/C23H17ClF3N3O2S/c24-15-5-3-4-13(10-15)17-12-18(17)22-28-20-9-8-14(11-21(20)29-22)16-6-1-2-7-19(16)30-33(31,32)23(25,26)27/h1-11,17-18,30H,12H2,(H,28,29). The number of aromatic nitrogens is 2. The second-order valence-corrected chi connectivity index (χ2v) is 10.1. The van der Waals surface area contributed by atoms with Crippen molar-refractivity contribution in [3.63, 3.8) is 0 Å². The molecular weight excluding hydrogens is 475 g/mol. The topological polar surface area (TPSA) is 74.8 Å². The number of sulfonamides is 1. The van der Waals surface area contributed by atoms with Crippen molar-refractivity contribution in [3.05, 3.63) is 83.1 Å². The fourth-order valence-electron chi connectivity index (χ4n) is 4.00. The van der Waals surface area contributed by atoms with Crippen LogP contribution in [0.25, 0.3) is 22.2 Å². The molecule has 1 aromatic heterocycles. The lowest BCUT2D eigenvalue weighted by atomic mass is 10.0. The summed E-state index contributed by atoms with van der Waals surface area (Å²) in [5.74, 6) is 1.38. The van der Waals surface area contributed by atoms with E-state index in [1.54, 1.807) is 35.1 Å². The van der Waals surface area contributed by atoms with E-state index in [-0.39, 0.29) is 11.6 Å². The lowest BCUT2D eigenvalue weighted by Gasteiger charge is -2.14. The molecular formula is C23H17ClF3N3O2S. The number of anilines is 1. The molecule has 170 valence electrons. The van der Waals surface area contributed by atoms with Crippen molar-refractivity contribution in [2.24, 2.45) is 0 Å². The first-order chi connectivity index (χ1) is 15.6. The van der Waals surface area contributed by atoms with Gasteiger partial charge in [0.2, 0.25) is 0 Å². The van der Waals surface area contributed by atoms with Crippen molar-refractivity contribution >= 4 is 38.3 Å². The molecule has 5 rings (SSSR count). The molecule has 1 heterocycles. The van der Waals surface area contributed by atoms with Crippen LogP contribution in [-0.4, -0.2) is 23.9 Å². The minimum atomic E-state index is -5.54. The quantitative estimate of drug-likeness (QED) is 0.338. The second-order valence-electron chi connectivity index (χ2n) is 7.95. The van der Waals surface area contributed by atoms with Crippen molar-refractivity contribution in [1.29, 1.82) is 0 Å². The van der Waals surface area contributed by atoms with Gasteiger partial charge in [0.1, 0.15) is 5.82 Å². The summed E-state index contributed by atoms with van der Waals surface area (Å²) in [5.41, 5.74) is -2.10. The summed E-state index contributed by atoms with van der Waals surface area (Å²) in [7, 11) is -5.54. The zero-order valence-corrected chi connectivity index (χ0v) is 18.5. The van der Waals surface area contributed by atoms with Crippen LogP contribution in [0.2, 0.25) is 5.02 Å². The lowest BCUT2D eigenvalue weighted by Crippen LogP contribution is -2.30. The number of nitrogens with zero attached hydrogens (tertiary/aromatic N) is 1. The number of hydrogen-bond acceptors (Lipinski definition) is 3. The zero-order chi connectivity index (χ0) is 23.4. The van der Waals surface area contributed by atoms with Crippen LogP contribution in [0.1, 0.15) is 29.6 Å². The van der Waals surface area contributed by atoms with Gasteiger partial charge >= 0.3 is 15.5 Å². The monoisotopic (exact) mass is 491 g/mol. The first-order valence-electron chi connectivity index (χ1n) is 10.1. The fourth-order valence-corrected chi connectivity index (χ4v) is 4.78. The molecule has 0 saturated heterocycles. The van der Waals surface area contributed by atoms with Crippen molar-refractivity contribution in [3.8, 4) is 11.1 Å². The molecule has 1 saturated carbocycles. The normalized spacial score (nSPS) is 18.4. The summed E-state index contributed by atoms with van der Waals surface area (Å²) < 4.78 is 63.4. The number of benzene rings is 3. The molecule has 2 N–H and O–H groups in total. The van der Waals surface area contributed by atoms with Gasteiger partial charge in [0.25, 0.3) is 0 Å². The minimum Gasteiger partial charge on any atom is -0.342 e. The Labute approximate surface area is 192 Å². The smallest absolute Gasteiger partial charge is 0.342 e. The summed E-state index contributed by atoms with van der Waals surface area (Å²) in [6.07, 6.45) is 0.940. The second kappa shape index (κ2) is 7.78. The Hall–Kier alpha value is -3.04. The van der Waals surface area contributed by atoms with E-state index >= 15 is 0 Å². The van der Waals surface area contributed by atoms with E-state index < -0.39 is 15.5 Å². The lowest BCUT2D eigenvalue weighted by molar-refractivity contribution is -0.0429. The first kappa shape index (κ1) is 21.8. The van der Waals surface area contributed by atoms with Crippen LogP contribution in [0.15, 0.2) is 66.7 Å². The molecule has 0 bridgehead atoms. The van der Waals surface area contributed by atoms with Crippen LogP contribution in [0.3, 0.4) is 0 Å². The van der Waals surface area contributed by atoms with Crippen LogP contribution in [-0.2, 0) is 10.0 Å². The third-order valence-corrected chi connectivity index (χ3v) is 7.04. The van der Waals surface area contributed by atoms with Gasteiger partial charge in [-0.05, 0) is 53.8 Å². The molecule has 4 aromatic rings. The van der Waals surface area contributed by atoms with Crippen LogP contribution in [0.5, 0.6) is 0 Å². The van der Waals surface area contributed by atoms with Gasteiger partial charge in [-0.1, -0.05) is 48.0 Å². The van der Waals surface area contributed by atoms with Gasteiger partial charge in [-0.15, -0.1) is 0 Å². The molecule has 1 aliphatic carbocycles. The van der Waals surface area contributed by atoms with Crippen LogP contribution >= 0.6 is 11.6 Å². The van der Waals surface area contributed by atoms with E-state index in [9.17, 15) is 21.6 Å². The first-order valence-corrected chi connectivity index (χ1v) is 11.9. The fraction of sp³-hybridized carbons (Fsp3) is 0.174. The average Bonchev–Trinajstić information content (AvgIpc) is 3.44. The molecule has 0 aliphatic heterocycles. The number of hydrogen-bond donors (Lipinski definition) is 2. The van der Waals surface area contributed by atoms with Gasteiger partial charge in [0.05, 0.1) is 16.7 Å². The summed E-state index contributed by atoms with van der Waals surface area (Å²) in [6, 6.07) is 18.9. The Morgan fingerprint density at radius 2 is 1.79 bits per heavy atom. The van der Waals surface area contributed by atoms with Crippen LogP contribution in [0.4, 0.5) is 18.9 Å². The number of aromatic amines is 1. The number of fused-ring (bicyclic) bond motifs is 1. The third kappa shape index (κ3) is 4.18. The highest BCUT2D eigenvalue weighted by Gasteiger charge is 2.46. The molecule has 0 amide bonds. The Kier molecular flexibility index (Phi) is 5.13. The summed E-state index contributed by atoms with van der Waals surface area (Å²) >= 11 is 6.10. The molecule has 10 heteroatoms. The van der Waals surface area contributed by atoms with E-state index in [0.717, 1.165) is 23.3 Å². The molecule has 0 spiro atoms. The number of alkyl halides is 3. The SMILES string of the molecule is O=S(=O)(Nc1ccccc1-c1ccc2nc(C3CC3c3cccc(Cl)c3)[nH]c2c1)C(F)(F)F. The average molecular weight is 492 g/mol. The Bertz CT molecular complexity index is 1470. The largest absolute Gasteiger partial charge is 0.516 e. The van der Waals surface area contributed by atoms with Gasteiger partial charge in [0.15, 0.2) is 0 Å². The molecule has 0 radical (unpaired) electrons. The van der Waals surface area contributed by atoms with Gasteiger partial charge in [-0.25, -0.2) is 4.98 Å². The van der Waals surface area contributed by atoms with Gasteiger partial charge in [-0.2, -0.15) is 21.6 Å². The molecule has 33 heavy (non-hydrogen) atoms. The Balaban J connectivity index is 1.45. The molecule has 2 atom stereocenters. The van der Waals surface area contributed by atoms with E-state index in [2.05, 4.69) is 9.97 Å². The number of nitrogens with one attached hydrogen (secondary N) is 2. The Morgan fingerprint density at radius 3 is 2.55 bits per heavy atom. The van der Waals surface area contributed by atoms with E-state index in [1.807, 2.05) is 24.3 Å². The van der Waals surface area contributed by atoms with E-state index in [4.69, 9.17) is 11.6 Å². The molecule has 1 fully saturated rings. The summed E-state index contributed by atoms with van der Waals surface area (Å²) in [4.78, 5) is 7.98. The highest BCUT2D eigenvalue weighted by Crippen LogP contribution is 2.54. The molecule has 5 nitrogen and oxygen atoms in total. The van der Waals surface area contributed by atoms with Crippen molar-refractivity contribution in [1.82, 2.24) is 9.97 Å². The number of halogens is 4. The summed E-state index contributed by atoms with van der Waals surface area (Å²) in [5, 5.41) is 0.687. The maximum Gasteiger partial charge on any atom is 0.516 e. The van der Waals surface area contributed by atoms with Gasteiger partial charge < -0.3 is 4.98 Å². The van der Waals surface area contributed by atoms with Crippen molar-refractivity contribution in [2.45, 2.75) is 23.8 Å². The van der Waals surface area contributed by atoms with Crippen LogP contribution in [0, 0.1) is 0 Å². The maximum atomic E-state index is 12.9. The Morgan fingerprint density at radius 1 is 1.00 bits per heavy atom. The number of H-pyrrole nitrogens is 1. The number of rotatable bonds is 5. The highest BCUT2D eigenvalue weighted by atomic mass is 35.5. The third-order valence-electron chi connectivity index (χ3n) is 5.71. The molecule has 3 aromatic carbocycles. The van der Waals surface area contributed by atoms with Crippen LogP contribution < -0.4 is 4.72 Å².